The van der Waals surface area contributed by atoms with Gasteiger partial charge in [-0.2, -0.15) is 0 Å². The highest BCUT2D eigenvalue weighted by molar-refractivity contribution is 5.95. The molecular weight excluding hydrogens is 370 g/mol. The predicted octanol–water partition coefficient (Wildman–Crippen LogP) is 4.23. The first-order chi connectivity index (χ1) is 14.2. The second-order valence-corrected chi connectivity index (χ2v) is 7.21. The largest absolute Gasteiger partial charge is 0.493 e. The van der Waals surface area contributed by atoms with E-state index < -0.39 is 0 Å². The van der Waals surface area contributed by atoms with Crippen molar-refractivity contribution in [3.05, 3.63) is 47.5 Å². The van der Waals surface area contributed by atoms with Crippen molar-refractivity contribution < 1.29 is 23.7 Å². The van der Waals surface area contributed by atoms with E-state index in [1.807, 2.05) is 30.0 Å². The van der Waals surface area contributed by atoms with Crippen molar-refractivity contribution in [2.45, 2.75) is 32.2 Å². The van der Waals surface area contributed by atoms with Crippen LogP contribution in [0.25, 0.3) is 0 Å². The monoisotopic (exact) mass is 397 g/mol. The highest BCUT2D eigenvalue weighted by Crippen LogP contribution is 2.39. The van der Waals surface area contributed by atoms with Crippen molar-refractivity contribution >= 4 is 5.91 Å². The van der Waals surface area contributed by atoms with Gasteiger partial charge in [-0.3, -0.25) is 4.79 Å². The maximum absolute atomic E-state index is 13.3. The first kappa shape index (κ1) is 19.4. The lowest BCUT2D eigenvalue weighted by Crippen LogP contribution is -2.30. The summed E-state index contributed by atoms with van der Waals surface area (Å²) in [7, 11) is 1.59. The molecule has 1 saturated heterocycles. The maximum Gasteiger partial charge on any atom is 0.254 e. The van der Waals surface area contributed by atoms with Crippen molar-refractivity contribution in [2.75, 3.05) is 33.5 Å². The topological polar surface area (TPSA) is 57.2 Å². The summed E-state index contributed by atoms with van der Waals surface area (Å²) in [4.78, 5) is 15.2. The molecule has 6 nitrogen and oxygen atoms in total. The van der Waals surface area contributed by atoms with E-state index in [0.29, 0.717) is 36.9 Å². The van der Waals surface area contributed by atoms with Crippen molar-refractivity contribution in [1.82, 2.24) is 4.90 Å². The molecule has 0 radical (unpaired) electrons. The molecule has 0 bridgehead atoms. The molecule has 1 fully saturated rings. The number of rotatable bonds is 5. The van der Waals surface area contributed by atoms with Crippen LogP contribution < -0.4 is 18.9 Å². The Hall–Kier alpha value is -2.89. The summed E-state index contributed by atoms with van der Waals surface area (Å²) in [5.41, 5.74) is 1.68. The van der Waals surface area contributed by atoms with E-state index in [2.05, 4.69) is 0 Å². The van der Waals surface area contributed by atoms with Crippen molar-refractivity contribution in [1.29, 1.82) is 0 Å². The van der Waals surface area contributed by atoms with E-state index in [1.165, 1.54) is 0 Å². The van der Waals surface area contributed by atoms with Crippen LogP contribution in [0.1, 0.15) is 48.1 Å². The number of nitrogens with zero attached hydrogens (tertiary/aromatic N) is 1. The lowest BCUT2D eigenvalue weighted by molar-refractivity contribution is 0.0735. The fraction of sp³-hybridized carbons (Fsp3) is 0.435. The van der Waals surface area contributed by atoms with Gasteiger partial charge in [-0.25, -0.2) is 0 Å². The lowest BCUT2D eigenvalue weighted by atomic mass is 10.0. The van der Waals surface area contributed by atoms with Gasteiger partial charge in [0.15, 0.2) is 23.0 Å². The molecule has 2 aromatic carbocycles. The highest BCUT2D eigenvalue weighted by Gasteiger charge is 2.31. The SMILES string of the molecule is CCOc1ccc(C(=O)N2CCC[C@H]2c2ccc3c(c2)OCCCO3)cc1OC. The first-order valence-corrected chi connectivity index (χ1v) is 10.2. The third-order valence-electron chi connectivity index (χ3n) is 5.38. The zero-order valence-corrected chi connectivity index (χ0v) is 17.0. The third-order valence-corrected chi connectivity index (χ3v) is 5.38. The van der Waals surface area contributed by atoms with Crippen LogP contribution >= 0.6 is 0 Å². The number of benzene rings is 2. The fourth-order valence-corrected chi connectivity index (χ4v) is 3.98. The van der Waals surface area contributed by atoms with Crippen molar-refractivity contribution in [3.63, 3.8) is 0 Å². The third kappa shape index (κ3) is 3.97. The Morgan fingerprint density at radius 1 is 1.07 bits per heavy atom. The molecule has 2 heterocycles. The number of fused-ring (bicyclic) bond motifs is 1. The van der Waals surface area contributed by atoms with Gasteiger partial charge in [0.2, 0.25) is 0 Å². The molecule has 0 aromatic heterocycles. The van der Waals surface area contributed by atoms with Gasteiger partial charge in [0, 0.05) is 18.5 Å². The zero-order valence-electron chi connectivity index (χ0n) is 17.0. The summed E-state index contributed by atoms with van der Waals surface area (Å²) in [6.45, 7) is 4.51. The number of ether oxygens (including phenoxy) is 4. The van der Waals surface area contributed by atoms with E-state index >= 15 is 0 Å². The molecule has 154 valence electrons. The number of methoxy groups -OCH3 is 1. The molecule has 1 atom stereocenters. The normalized spacial score (nSPS) is 18.3. The van der Waals surface area contributed by atoms with Gasteiger partial charge in [-0.05, 0) is 55.7 Å². The maximum atomic E-state index is 13.3. The van der Waals surface area contributed by atoms with Crippen LogP contribution in [0, 0.1) is 0 Å². The van der Waals surface area contributed by atoms with Gasteiger partial charge in [0.25, 0.3) is 5.91 Å². The molecule has 1 amide bonds. The van der Waals surface area contributed by atoms with Crippen LogP contribution in [0.4, 0.5) is 0 Å². The van der Waals surface area contributed by atoms with E-state index in [0.717, 1.165) is 42.9 Å². The minimum Gasteiger partial charge on any atom is -0.493 e. The number of likely N-dealkylation sites (tertiary alicyclic amines) is 1. The molecule has 4 rings (SSSR count). The van der Waals surface area contributed by atoms with Gasteiger partial charge in [-0.1, -0.05) is 6.07 Å². The molecule has 0 aliphatic carbocycles. The highest BCUT2D eigenvalue weighted by atomic mass is 16.5. The molecule has 2 aromatic rings. The number of carbonyl (C=O) groups is 1. The standard InChI is InChI=1S/C23H27NO5/c1-3-27-19-10-8-17(15-21(19)26-2)23(25)24-11-4-6-18(24)16-7-9-20-22(14-16)29-13-5-12-28-20/h7-10,14-15,18H,3-6,11-13H2,1-2H3/t18-/m0/s1. The van der Waals surface area contributed by atoms with E-state index in [1.54, 1.807) is 25.3 Å². The average molecular weight is 397 g/mol. The van der Waals surface area contributed by atoms with Gasteiger partial charge >= 0.3 is 0 Å². The minimum atomic E-state index is 0.000889. The Morgan fingerprint density at radius 2 is 1.90 bits per heavy atom. The molecule has 2 aliphatic rings. The van der Waals surface area contributed by atoms with E-state index in [9.17, 15) is 4.79 Å². The Morgan fingerprint density at radius 3 is 2.69 bits per heavy atom. The lowest BCUT2D eigenvalue weighted by Gasteiger charge is -2.26. The van der Waals surface area contributed by atoms with Gasteiger partial charge in [0.1, 0.15) is 0 Å². The average Bonchev–Trinajstić information content (AvgIpc) is 3.12. The molecule has 6 heteroatoms. The van der Waals surface area contributed by atoms with E-state index in [-0.39, 0.29) is 11.9 Å². The van der Waals surface area contributed by atoms with Crippen molar-refractivity contribution in [2.24, 2.45) is 0 Å². The molecular formula is C23H27NO5. The van der Waals surface area contributed by atoms with Crippen LogP contribution in [0.3, 0.4) is 0 Å². The van der Waals surface area contributed by atoms with Gasteiger partial charge in [-0.15, -0.1) is 0 Å². The Labute approximate surface area is 171 Å². The molecule has 0 unspecified atom stereocenters. The van der Waals surface area contributed by atoms with Crippen LogP contribution in [-0.4, -0.2) is 44.3 Å². The zero-order chi connectivity index (χ0) is 20.2. The first-order valence-electron chi connectivity index (χ1n) is 10.2. The van der Waals surface area contributed by atoms with Crippen LogP contribution in [0.5, 0.6) is 23.0 Å². The van der Waals surface area contributed by atoms with Gasteiger partial charge in [0.05, 0.1) is 33.0 Å². The smallest absolute Gasteiger partial charge is 0.254 e. The minimum absolute atomic E-state index is 0.000889. The number of hydrogen-bond acceptors (Lipinski definition) is 5. The second-order valence-electron chi connectivity index (χ2n) is 7.21. The Kier molecular flexibility index (Phi) is 5.79. The van der Waals surface area contributed by atoms with Crippen LogP contribution in [-0.2, 0) is 0 Å². The summed E-state index contributed by atoms with van der Waals surface area (Å²) in [5, 5.41) is 0. The number of hydrogen-bond donors (Lipinski definition) is 0. The summed E-state index contributed by atoms with van der Waals surface area (Å²) in [5.74, 6) is 2.76. The molecule has 0 saturated carbocycles. The Bertz CT molecular complexity index is 882. The number of carbonyl (C=O) groups excluding carboxylic acids is 1. The molecule has 2 aliphatic heterocycles. The summed E-state index contributed by atoms with van der Waals surface area (Å²) in [6, 6.07) is 11.4. The van der Waals surface area contributed by atoms with Crippen LogP contribution in [0.2, 0.25) is 0 Å². The quantitative estimate of drug-likeness (QED) is 0.756. The summed E-state index contributed by atoms with van der Waals surface area (Å²) in [6.07, 6.45) is 2.77. The van der Waals surface area contributed by atoms with Crippen molar-refractivity contribution in [3.8, 4) is 23.0 Å². The number of amides is 1. The molecule has 0 spiro atoms. The van der Waals surface area contributed by atoms with Gasteiger partial charge < -0.3 is 23.8 Å². The van der Waals surface area contributed by atoms with Crippen LogP contribution in [0.15, 0.2) is 36.4 Å². The fourth-order valence-electron chi connectivity index (χ4n) is 3.98. The molecule has 29 heavy (non-hydrogen) atoms. The van der Waals surface area contributed by atoms with E-state index in [4.69, 9.17) is 18.9 Å². The second kappa shape index (κ2) is 8.64. The molecule has 0 N–H and O–H groups in total. The summed E-state index contributed by atoms with van der Waals surface area (Å²) >= 11 is 0. The predicted molar refractivity (Wildman–Crippen MR) is 109 cm³/mol. The Balaban J connectivity index is 1.58. The summed E-state index contributed by atoms with van der Waals surface area (Å²) < 4.78 is 22.5.